The van der Waals surface area contributed by atoms with Crippen LogP contribution in [0.3, 0.4) is 0 Å². The normalized spacial score (nSPS) is 11.1. The first-order valence-corrected chi connectivity index (χ1v) is 7.96. The monoisotopic (exact) mass is 358 g/mol. The van der Waals surface area contributed by atoms with Gasteiger partial charge in [0.2, 0.25) is 5.91 Å². The fraction of sp³-hybridized carbons (Fsp3) is 0. The number of amides is 1. The van der Waals surface area contributed by atoms with Gasteiger partial charge in [0.1, 0.15) is 0 Å². The number of pyridine rings is 1. The number of carbonyl (C=O) groups excluding carboxylic acids is 1. The van der Waals surface area contributed by atoms with Crippen molar-refractivity contribution in [1.29, 1.82) is 0 Å². The number of fused-ring (bicyclic) bond motifs is 1. The standard InChI is InChI=1S/C16H11BrN2OS/c17-12-9-13(21-10-12)6-7-15(20)19-14-5-1-3-11-4-2-8-18-16(11)14/h1-10H,(H,19,20). The van der Waals surface area contributed by atoms with Crippen molar-refractivity contribution in [3.8, 4) is 0 Å². The number of thiophene rings is 1. The summed E-state index contributed by atoms with van der Waals surface area (Å²) in [5, 5.41) is 5.85. The van der Waals surface area contributed by atoms with Gasteiger partial charge in [0.25, 0.3) is 0 Å². The second-order valence-electron chi connectivity index (χ2n) is 4.37. The molecule has 0 aliphatic rings. The third-order valence-corrected chi connectivity index (χ3v) is 4.54. The summed E-state index contributed by atoms with van der Waals surface area (Å²) in [6.45, 7) is 0. The molecule has 2 aromatic heterocycles. The number of nitrogens with zero attached hydrogens (tertiary/aromatic N) is 1. The fourth-order valence-corrected chi connectivity index (χ4v) is 3.29. The number of para-hydroxylation sites is 1. The summed E-state index contributed by atoms with van der Waals surface area (Å²) in [4.78, 5) is 17.3. The molecule has 0 saturated heterocycles. The quantitative estimate of drug-likeness (QED) is 0.688. The molecule has 3 rings (SSSR count). The predicted molar refractivity (Wildman–Crippen MR) is 91.4 cm³/mol. The molecule has 0 aliphatic carbocycles. The zero-order chi connectivity index (χ0) is 14.7. The number of hydrogen-bond acceptors (Lipinski definition) is 3. The van der Waals surface area contributed by atoms with E-state index in [1.807, 2.05) is 41.8 Å². The summed E-state index contributed by atoms with van der Waals surface area (Å²) in [5.41, 5.74) is 1.51. The van der Waals surface area contributed by atoms with E-state index >= 15 is 0 Å². The van der Waals surface area contributed by atoms with Crippen molar-refractivity contribution in [3.63, 3.8) is 0 Å². The minimum absolute atomic E-state index is 0.169. The van der Waals surface area contributed by atoms with Gasteiger partial charge in [-0.25, -0.2) is 0 Å². The zero-order valence-corrected chi connectivity index (χ0v) is 13.3. The molecule has 0 fully saturated rings. The van der Waals surface area contributed by atoms with Gasteiger partial charge in [0, 0.05) is 32.4 Å². The van der Waals surface area contributed by atoms with Gasteiger partial charge in [-0.05, 0) is 40.2 Å². The van der Waals surface area contributed by atoms with Crippen molar-refractivity contribution in [3.05, 3.63) is 63.4 Å². The minimum Gasteiger partial charge on any atom is -0.321 e. The molecule has 3 aromatic rings. The van der Waals surface area contributed by atoms with Crippen LogP contribution in [0.5, 0.6) is 0 Å². The van der Waals surface area contributed by atoms with Crippen LogP contribution in [-0.4, -0.2) is 10.9 Å². The van der Waals surface area contributed by atoms with E-state index in [0.717, 1.165) is 25.9 Å². The highest BCUT2D eigenvalue weighted by atomic mass is 79.9. The van der Waals surface area contributed by atoms with Gasteiger partial charge in [0.15, 0.2) is 0 Å². The lowest BCUT2D eigenvalue weighted by molar-refractivity contribution is -0.111. The third-order valence-electron chi connectivity index (χ3n) is 2.88. The van der Waals surface area contributed by atoms with E-state index in [0.29, 0.717) is 0 Å². The molecule has 1 aromatic carbocycles. The van der Waals surface area contributed by atoms with Crippen LogP contribution in [0.15, 0.2) is 58.5 Å². The number of nitrogens with one attached hydrogen (secondary N) is 1. The largest absolute Gasteiger partial charge is 0.321 e. The number of anilines is 1. The van der Waals surface area contributed by atoms with E-state index < -0.39 is 0 Å². The lowest BCUT2D eigenvalue weighted by atomic mass is 10.2. The maximum Gasteiger partial charge on any atom is 0.248 e. The molecule has 0 atom stereocenters. The SMILES string of the molecule is O=C(C=Cc1cc(Br)cs1)Nc1cccc2cccnc12. The van der Waals surface area contributed by atoms with Crippen molar-refractivity contribution in [2.24, 2.45) is 0 Å². The van der Waals surface area contributed by atoms with Gasteiger partial charge in [-0.15, -0.1) is 11.3 Å². The molecule has 21 heavy (non-hydrogen) atoms. The smallest absolute Gasteiger partial charge is 0.248 e. The highest BCUT2D eigenvalue weighted by molar-refractivity contribution is 9.10. The Hall–Kier alpha value is -1.98. The molecule has 1 amide bonds. The van der Waals surface area contributed by atoms with Crippen molar-refractivity contribution < 1.29 is 4.79 Å². The number of carbonyl (C=O) groups is 1. The summed E-state index contributed by atoms with van der Waals surface area (Å²) >= 11 is 4.96. The first-order valence-electron chi connectivity index (χ1n) is 6.29. The molecule has 5 heteroatoms. The molecular formula is C16H11BrN2OS. The lowest BCUT2D eigenvalue weighted by Crippen LogP contribution is -2.08. The van der Waals surface area contributed by atoms with E-state index in [-0.39, 0.29) is 5.91 Å². The Labute approximate surface area is 134 Å². The maximum atomic E-state index is 12.0. The number of aromatic nitrogens is 1. The van der Waals surface area contributed by atoms with E-state index in [4.69, 9.17) is 0 Å². The van der Waals surface area contributed by atoms with E-state index in [1.54, 1.807) is 23.6 Å². The Kier molecular flexibility index (Phi) is 4.13. The molecule has 1 N–H and O–H groups in total. The molecule has 2 heterocycles. The van der Waals surface area contributed by atoms with Crippen LogP contribution >= 0.6 is 27.3 Å². The highest BCUT2D eigenvalue weighted by Crippen LogP contribution is 2.22. The van der Waals surface area contributed by atoms with Crippen LogP contribution in [0.4, 0.5) is 5.69 Å². The second-order valence-corrected chi connectivity index (χ2v) is 6.23. The molecule has 0 saturated carbocycles. The van der Waals surface area contributed by atoms with Crippen LogP contribution in [0.25, 0.3) is 17.0 Å². The highest BCUT2D eigenvalue weighted by Gasteiger charge is 2.04. The molecule has 104 valence electrons. The molecule has 0 bridgehead atoms. The van der Waals surface area contributed by atoms with E-state index in [1.165, 1.54) is 6.08 Å². The average Bonchev–Trinajstić information content (AvgIpc) is 2.91. The van der Waals surface area contributed by atoms with E-state index in [2.05, 4.69) is 26.2 Å². The average molecular weight is 359 g/mol. The Bertz CT molecular complexity index is 821. The molecule has 3 nitrogen and oxygen atoms in total. The molecule has 0 radical (unpaired) electrons. The number of halogens is 1. The van der Waals surface area contributed by atoms with Crippen molar-refractivity contribution >= 4 is 55.8 Å². The first-order chi connectivity index (χ1) is 10.2. The van der Waals surface area contributed by atoms with Crippen LogP contribution in [0.2, 0.25) is 0 Å². The zero-order valence-electron chi connectivity index (χ0n) is 10.9. The molecule has 0 unspecified atom stereocenters. The van der Waals surface area contributed by atoms with Crippen LogP contribution in [-0.2, 0) is 4.79 Å². The lowest BCUT2D eigenvalue weighted by Gasteiger charge is -2.05. The van der Waals surface area contributed by atoms with Gasteiger partial charge in [-0.2, -0.15) is 0 Å². The van der Waals surface area contributed by atoms with Crippen LogP contribution < -0.4 is 5.32 Å². The van der Waals surface area contributed by atoms with Gasteiger partial charge in [-0.1, -0.05) is 18.2 Å². The molecule has 0 spiro atoms. The summed E-state index contributed by atoms with van der Waals surface area (Å²) in [6.07, 6.45) is 5.04. The minimum atomic E-state index is -0.169. The number of hydrogen-bond donors (Lipinski definition) is 1. The second kappa shape index (κ2) is 6.20. The summed E-state index contributed by atoms with van der Waals surface area (Å²) in [6, 6.07) is 11.5. The van der Waals surface area contributed by atoms with Gasteiger partial charge < -0.3 is 5.32 Å². The van der Waals surface area contributed by atoms with E-state index in [9.17, 15) is 4.79 Å². The van der Waals surface area contributed by atoms with Crippen molar-refractivity contribution in [1.82, 2.24) is 4.98 Å². The number of rotatable bonds is 3. The predicted octanol–water partition coefficient (Wildman–Crippen LogP) is 4.71. The first kappa shape index (κ1) is 14.0. The summed E-state index contributed by atoms with van der Waals surface area (Å²) in [5.74, 6) is -0.169. The fourth-order valence-electron chi connectivity index (χ4n) is 1.95. The topological polar surface area (TPSA) is 42.0 Å². The van der Waals surface area contributed by atoms with Crippen molar-refractivity contribution in [2.75, 3.05) is 5.32 Å². The summed E-state index contributed by atoms with van der Waals surface area (Å²) < 4.78 is 1.02. The molecular weight excluding hydrogens is 348 g/mol. The van der Waals surface area contributed by atoms with Gasteiger partial charge in [-0.3, -0.25) is 9.78 Å². The molecule has 0 aliphatic heterocycles. The Morgan fingerprint density at radius 2 is 2.14 bits per heavy atom. The van der Waals surface area contributed by atoms with Gasteiger partial charge in [0.05, 0.1) is 11.2 Å². The Morgan fingerprint density at radius 1 is 1.29 bits per heavy atom. The van der Waals surface area contributed by atoms with Crippen LogP contribution in [0.1, 0.15) is 4.88 Å². The Balaban J connectivity index is 1.79. The summed E-state index contributed by atoms with van der Waals surface area (Å²) in [7, 11) is 0. The number of benzene rings is 1. The van der Waals surface area contributed by atoms with Crippen molar-refractivity contribution in [2.45, 2.75) is 0 Å². The third kappa shape index (κ3) is 3.37. The van der Waals surface area contributed by atoms with Crippen LogP contribution in [0, 0.1) is 0 Å². The Morgan fingerprint density at radius 3 is 2.95 bits per heavy atom. The van der Waals surface area contributed by atoms with Gasteiger partial charge >= 0.3 is 0 Å². The maximum absolute atomic E-state index is 12.0.